The zero-order chi connectivity index (χ0) is 20.3. The van der Waals surface area contributed by atoms with E-state index >= 15 is 0 Å². The second-order valence-corrected chi connectivity index (χ2v) is 9.03. The number of hydrogen-bond acceptors (Lipinski definition) is 5. The fraction of sp³-hybridized carbons (Fsp3) is 0.579. The van der Waals surface area contributed by atoms with E-state index in [0.29, 0.717) is 43.9 Å². The van der Waals surface area contributed by atoms with E-state index < -0.39 is 16.6 Å². The van der Waals surface area contributed by atoms with Crippen LogP contribution in [-0.2, 0) is 16.4 Å². The second kappa shape index (κ2) is 8.86. The largest absolute Gasteiger partial charge is 0.435 e. The summed E-state index contributed by atoms with van der Waals surface area (Å²) in [5.74, 6) is 0.0824. The van der Waals surface area contributed by atoms with Crippen LogP contribution >= 0.6 is 0 Å². The van der Waals surface area contributed by atoms with Crippen molar-refractivity contribution in [3.63, 3.8) is 0 Å². The predicted octanol–water partition coefficient (Wildman–Crippen LogP) is 2.29. The monoisotopic (exact) mass is 416 g/mol. The van der Waals surface area contributed by atoms with Crippen molar-refractivity contribution < 1.29 is 27.0 Å². The van der Waals surface area contributed by atoms with Crippen molar-refractivity contribution >= 4 is 16.1 Å². The molecular weight excluding hydrogens is 390 g/mol. The maximum atomic E-state index is 13.0. The topological polar surface area (TPSA) is 70.1 Å². The van der Waals surface area contributed by atoms with Gasteiger partial charge >= 0.3 is 6.61 Å². The molecule has 1 atom stereocenters. The summed E-state index contributed by atoms with van der Waals surface area (Å²) in [5, 5.41) is 9.44. The van der Waals surface area contributed by atoms with Crippen LogP contribution in [0.5, 0.6) is 5.75 Å². The predicted molar refractivity (Wildman–Crippen MR) is 103 cm³/mol. The molecule has 1 fully saturated rings. The molecular formula is C19H26F2N2O4S. The molecule has 1 N–H and O–H groups in total. The molecule has 1 aliphatic heterocycles. The molecule has 0 bridgehead atoms. The van der Waals surface area contributed by atoms with Crippen LogP contribution in [0, 0.1) is 0 Å². The number of benzene rings is 1. The van der Waals surface area contributed by atoms with Gasteiger partial charge in [-0.25, -0.2) is 8.42 Å². The molecule has 28 heavy (non-hydrogen) atoms. The summed E-state index contributed by atoms with van der Waals surface area (Å²) in [5.41, 5.74) is 1.52. The maximum absolute atomic E-state index is 13.0. The van der Waals surface area contributed by atoms with E-state index in [1.807, 2.05) is 6.92 Å². The molecule has 156 valence electrons. The highest BCUT2D eigenvalue weighted by Gasteiger charge is 2.32. The first kappa shape index (κ1) is 21.2. The average Bonchev–Trinajstić information content (AvgIpc) is 2.68. The van der Waals surface area contributed by atoms with Crippen LogP contribution < -0.4 is 4.74 Å². The molecule has 0 aromatic heterocycles. The zero-order valence-corrected chi connectivity index (χ0v) is 16.7. The summed E-state index contributed by atoms with van der Waals surface area (Å²) >= 11 is 0. The number of aliphatic hydroxyl groups is 1. The highest BCUT2D eigenvalue weighted by Crippen LogP contribution is 2.32. The highest BCUT2D eigenvalue weighted by atomic mass is 32.2. The number of hydrogen-bond donors (Lipinski definition) is 1. The van der Waals surface area contributed by atoms with Crippen molar-refractivity contribution in [2.24, 2.45) is 0 Å². The summed E-state index contributed by atoms with van der Waals surface area (Å²) in [4.78, 5) is 2.48. The Morgan fingerprint density at radius 1 is 1.18 bits per heavy atom. The first-order chi connectivity index (χ1) is 13.3. The van der Waals surface area contributed by atoms with Gasteiger partial charge in [-0.2, -0.15) is 13.1 Å². The van der Waals surface area contributed by atoms with E-state index in [-0.39, 0.29) is 18.4 Å². The van der Waals surface area contributed by atoms with E-state index in [1.54, 1.807) is 18.2 Å². The molecule has 3 rings (SSSR count). The standard InChI is InChI=1S/C19H26F2N2O4S/c1-2-16(13-24)22-7-9-23(10-8-22)28(25,26)18-6-4-14-11-17(27-19(20)21)5-3-15(14)12-18/h3,5,11-12,16,19,24H,2,4,6-10,13H2,1H3/t16-/m1/s1. The van der Waals surface area contributed by atoms with E-state index in [1.165, 1.54) is 10.4 Å². The van der Waals surface area contributed by atoms with Gasteiger partial charge in [0.15, 0.2) is 0 Å². The first-order valence-corrected chi connectivity index (χ1v) is 10.9. The molecule has 0 radical (unpaired) electrons. The van der Waals surface area contributed by atoms with Gasteiger partial charge in [-0.15, -0.1) is 0 Å². The third-order valence-electron chi connectivity index (χ3n) is 5.44. The highest BCUT2D eigenvalue weighted by molar-refractivity contribution is 7.93. The van der Waals surface area contributed by atoms with Crippen LogP contribution in [0.15, 0.2) is 23.1 Å². The van der Waals surface area contributed by atoms with Crippen molar-refractivity contribution in [1.29, 1.82) is 0 Å². The fourth-order valence-electron chi connectivity index (χ4n) is 3.80. The molecule has 9 heteroatoms. The minimum Gasteiger partial charge on any atom is -0.435 e. The number of rotatable bonds is 7. The summed E-state index contributed by atoms with van der Waals surface area (Å²) in [7, 11) is -3.57. The van der Waals surface area contributed by atoms with Crippen molar-refractivity contribution in [1.82, 2.24) is 9.21 Å². The third-order valence-corrected chi connectivity index (χ3v) is 7.47. The maximum Gasteiger partial charge on any atom is 0.387 e. The number of nitrogens with zero attached hydrogens (tertiary/aromatic N) is 2. The molecule has 1 aliphatic carbocycles. The van der Waals surface area contributed by atoms with Crippen molar-refractivity contribution in [3.05, 3.63) is 34.2 Å². The molecule has 0 spiro atoms. The van der Waals surface area contributed by atoms with Gasteiger partial charge in [-0.3, -0.25) is 4.90 Å². The molecule has 0 saturated carbocycles. The molecule has 1 aromatic rings. The number of ether oxygens (including phenoxy) is 1. The second-order valence-electron chi connectivity index (χ2n) is 7.03. The van der Waals surface area contributed by atoms with Crippen LogP contribution in [0.1, 0.15) is 30.9 Å². The van der Waals surface area contributed by atoms with Crippen LogP contribution in [0.3, 0.4) is 0 Å². The average molecular weight is 416 g/mol. The number of sulfonamides is 1. The SMILES string of the molecule is CC[C@H](CO)N1CCN(S(=O)(=O)C2=Cc3ccc(OC(F)F)cc3CC2)CC1. The lowest BCUT2D eigenvalue weighted by Crippen LogP contribution is -2.52. The third kappa shape index (κ3) is 4.53. The Kier molecular flexibility index (Phi) is 6.69. The molecule has 1 heterocycles. The molecule has 0 amide bonds. The Hall–Kier alpha value is -1.55. The summed E-state index contributed by atoms with van der Waals surface area (Å²) in [6, 6.07) is 4.65. The Balaban J connectivity index is 1.72. The molecule has 1 saturated heterocycles. The fourth-order valence-corrected chi connectivity index (χ4v) is 5.41. The minimum absolute atomic E-state index is 0.0651. The summed E-state index contributed by atoms with van der Waals surface area (Å²) in [6.07, 6.45) is 3.25. The normalized spacial score (nSPS) is 20.0. The first-order valence-electron chi connectivity index (χ1n) is 9.48. The number of allylic oxidation sites excluding steroid dienone is 1. The lowest BCUT2D eigenvalue weighted by molar-refractivity contribution is -0.0498. The number of aliphatic hydroxyl groups excluding tert-OH is 1. The molecule has 0 unspecified atom stereocenters. The van der Waals surface area contributed by atoms with Gasteiger partial charge in [-0.05, 0) is 48.6 Å². The zero-order valence-electron chi connectivity index (χ0n) is 15.9. The quantitative estimate of drug-likeness (QED) is 0.739. The van der Waals surface area contributed by atoms with Crippen LogP contribution in [-0.4, -0.2) is 68.2 Å². The van der Waals surface area contributed by atoms with Gasteiger partial charge in [0.25, 0.3) is 0 Å². The van der Waals surface area contributed by atoms with Gasteiger partial charge in [0.2, 0.25) is 10.0 Å². The summed E-state index contributed by atoms with van der Waals surface area (Å²) < 4.78 is 56.7. The van der Waals surface area contributed by atoms with E-state index in [2.05, 4.69) is 9.64 Å². The van der Waals surface area contributed by atoms with E-state index in [9.17, 15) is 22.3 Å². The number of piperazine rings is 1. The number of aryl methyl sites for hydroxylation is 1. The van der Waals surface area contributed by atoms with Crippen LogP contribution in [0.2, 0.25) is 0 Å². The lowest BCUT2D eigenvalue weighted by Gasteiger charge is -2.38. The molecule has 6 nitrogen and oxygen atoms in total. The molecule has 2 aliphatic rings. The Morgan fingerprint density at radius 3 is 2.50 bits per heavy atom. The minimum atomic E-state index is -3.57. The number of halogens is 2. The molecule has 1 aromatic carbocycles. The van der Waals surface area contributed by atoms with Crippen molar-refractivity contribution in [3.8, 4) is 5.75 Å². The van der Waals surface area contributed by atoms with Crippen molar-refractivity contribution in [2.75, 3.05) is 32.8 Å². The van der Waals surface area contributed by atoms with Crippen molar-refractivity contribution in [2.45, 2.75) is 38.8 Å². The number of alkyl halides is 2. The van der Waals surface area contributed by atoms with Gasteiger partial charge in [-0.1, -0.05) is 13.0 Å². The van der Waals surface area contributed by atoms with Gasteiger partial charge in [0.1, 0.15) is 5.75 Å². The van der Waals surface area contributed by atoms with Gasteiger partial charge in [0.05, 0.1) is 11.5 Å². The lowest BCUT2D eigenvalue weighted by atomic mass is 9.97. The summed E-state index contributed by atoms with van der Waals surface area (Å²) in [6.45, 7) is 1.17. The van der Waals surface area contributed by atoms with Crippen LogP contribution in [0.25, 0.3) is 6.08 Å². The Bertz CT molecular complexity index is 817. The van der Waals surface area contributed by atoms with Crippen LogP contribution in [0.4, 0.5) is 8.78 Å². The number of fused-ring (bicyclic) bond motifs is 1. The van der Waals surface area contributed by atoms with Gasteiger partial charge in [0, 0.05) is 32.2 Å². The van der Waals surface area contributed by atoms with E-state index in [0.717, 1.165) is 17.5 Å². The Morgan fingerprint density at radius 2 is 1.89 bits per heavy atom. The van der Waals surface area contributed by atoms with E-state index in [4.69, 9.17) is 0 Å². The van der Waals surface area contributed by atoms with Gasteiger partial charge < -0.3 is 9.84 Å². The Labute approximate surface area is 164 Å². The smallest absolute Gasteiger partial charge is 0.387 e.